The third-order valence-electron chi connectivity index (χ3n) is 5.61. The van der Waals surface area contributed by atoms with Crippen LogP contribution in [0, 0.1) is 0 Å². The lowest BCUT2D eigenvalue weighted by molar-refractivity contribution is 0.0829. The van der Waals surface area contributed by atoms with E-state index in [1.807, 2.05) is 42.5 Å². The summed E-state index contributed by atoms with van der Waals surface area (Å²) in [6.45, 7) is 5.46. The number of thioether (sulfide) groups is 1. The average Bonchev–Trinajstić information content (AvgIpc) is 3.22. The van der Waals surface area contributed by atoms with Crippen LogP contribution in [0.4, 0.5) is 0 Å². The van der Waals surface area contributed by atoms with Crippen molar-refractivity contribution in [1.29, 1.82) is 0 Å². The SMILES string of the molecule is CN1CCN([C@H]2COC[C@@H]2NC(=O)c2ccc(CSc3ccccn3)cc2)CC1. The summed E-state index contributed by atoms with van der Waals surface area (Å²) in [6.07, 6.45) is 1.80. The fourth-order valence-corrected chi connectivity index (χ4v) is 4.61. The van der Waals surface area contributed by atoms with Crippen LogP contribution in [-0.2, 0) is 10.5 Å². The van der Waals surface area contributed by atoms with Gasteiger partial charge in [0.2, 0.25) is 0 Å². The maximum absolute atomic E-state index is 12.8. The van der Waals surface area contributed by atoms with E-state index in [0.717, 1.165) is 37.0 Å². The molecular weight excluding hydrogens is 384 g/mol. The molecule has 29 heavy (non-hydrogen) atoms. The topological polar surface area (TPSA) is 57.7 Å². The molecule has 0 bridgehead atoms. The van der Waals surface area contributed by atoms with Crippen molar-refractivity contribution in [3.05, 3.63) is 59.8 Å². The second kappa shape index (κ2) is 9.71. The summed E-state index contributed by atoms with van der Waals surface area (Å²) in [7, 11) is 2.15. The van der Waals surface area contributed by atoms with Crippen molar-refractivity contribution in [3.63, 3.8) is 0 Å². The molecule has 3 heterocycles. The third-order valence-corrected chi connectivity index (χ3v) is 6.63. The lowest BCUT2D eigenvalue weighted by Crippen LogP contribution is -2.56. The monoisotopic (exact) mass is 412 g/mol. The highest BCUT2D eigenvalue weighted by atomic mass is 32.2. The van der Waals surface area contributed by atoms with E-state index < -0.39 is 0 Å². The predicted octanol–water partition coefficient (Wildman–Crippen LogP) is 2.12. The Morgan fingerprint density at radius 1 is 1.14 bits per heavy atom. The van der Waals surface area contributed by atoms with Crippen LogP contribution in [-0.4, -0.2) is 79.2 Å². The van der Waals surface area contributed by atoms with E-state index >= 15 is 0 Å². The van der Waals surface area contributed by atoms with Gasteiger partial charge in [0.1, 0.15) is 0 Å². The van der Waals surface area contributed by atoms with Crippen LogP contribution in [0.3, 0.4) is 0 Å². The van der Waals surface area contributed by atoms with Crippen molar-refractivity contribution >= 4 is 17.7 Å². The van der Waals surface area contributed by atoms with Gasteiger partial charge in [0, 0.05) is 43.7 Å². The summed E-state index contributed by atoms with van der Waals surface area (Å²) in [5.41, 5.74) is 1.87. The van der Waals surface area contributed by atoms with Crippen LogP contribution in [0.1, 0.15) is 15.9 Å². The van der Waals surface area contributed by atoms with Crippen LogP contribution in [0.5, 0.6) is 0 Å². The molecule has 1 N–H and O–H groups in total. The Morgan fingerprint density at radius 3 is 2.66 bits per heavy atom. The van der Waals surface area contributed by atoms with Gasteiger partial charge in [-0.2, -0.15) is 0 Å². The molecule has 0 radical (unpaired) electrons. The quantitative estimate of drug-likeness (QED) is 0.734. The molecule has 0 saturated carbocycles. The number of ether oxygens (including phenoxy) is 1. The maximum atomic E-state index is 12.8. The van der Waals surface area contributed by atoms with Gasteiger partial charge in [-0.3, -0.25) is 9.69 Å². The Balaban J connectivity index is 1.31. The second-order valence-electron chi connectivity index (χ2n) is 7.68. The van der Waals surface area contributed by atoms with Crippen LogP contribution < -0.4 is 5.32 Å². The van der Waals surface area contributed by atoms with Gasteiger partial charge >= 0.3 is 0 Å². The molecule has 2 atom stereocenters. The first-order chi connectivity index (χ1) is 14.2. The zero-order valence-corrected chi connectivity index (χ0v) is 17.6. The molecule has 2 fully saturated rings. The van der Waals surface area contributed by atoms with E-state index in [1.165, 1.54) is 5.56 Å². The highest BCUT2D eigenvalue weighted by molar-refractivity contribution is 7.98. The number of piperazine rings is 1. The number of nitrogens with one attached hydrogen (secondary N) is 1. The van der Waals surface area contributed by atoms with Crippen LogP contribution in [0.2, 0.25) is 0 Å². The first-order valence-electron chi connectivity index (χ1n) is 10.1. The van der Waals surface area contributed by atoms with E-state index in [4.69, 9.17) is 4.74 Å². The number of nitrogens with zero attached hydrogens (tertiary/aromatic N) is 3. The van der Waals surface area contributed by atoms with Gasteiger partial charge in [0.05, 0.1) is 30.3 Å². The minimum Gasteiger partial charge on any atom is -0.378 e. The standard InChI is InChI=1S/C22H28N4O2S/c1-25-10-12-26(13-11-25)20-15-28-14-19(20)24-22(27)18-7-5-17(6-8-18)16-29-21-4-2-3-9-23-21/h2-9,19-20H,10-16H2,1H3,(H,24,27)/t19-,20-/m0/s1. The minimum atomic E-state index is -0.0245. The molecule has 2 aliphatic heterocycles. The number of likely N-dealkylation sites (N-methyl/N-ethyl adjacent to an activating group) is 1. The summed E-state index contributed by atoms with van der Waals surface area (Å²) >= 11 is 1.69. The number of carbonyl (C=O) groups excluding carboxylic acids is 1. The molecule has 0 unspecified atom stereocenters. The van der Waals surface area contributed by atoms with E-state index in [-0.39, 0.29) is 18.0 Å². The van der Waals surface area contributed by atoms with Crippen molar-refractivity contribution in [2.24, 2.45) is 0 Å². The van der Waals surface area contributed by atoms with Gasteiger partial charge < -0.3 is 15.0 Å². The highest BCUT2D eigenvalue weighted by Crippen LogP contribution is 2.21. The Hall–Kier alpha value is -1.93. The molecule has 1 aromatic heterocycles. The number of hydrogen-bond donors (Lipinski definition) is 1. The molecule has 4 rings (SSSR count). The summed E-state index contributed by atoms with van der Waals surface area (Å²) in [5.74, 6) is 0.810. The Kier molecular flexibility index (Phi) is 6.82. The second-order valence-corrected chi connectivity index (χ2v) is 8.67. The van der Waals surface area contributed by atoms with Crippen LogP contribution in [0.25, 0.3) is 0 Å². The fraction of sp³-hybridized carbons (Fsp3) is 0.455. The zero-order valence-electron chi connectivity index (χ0n) is 16.8. The molecular formula is C22H28N4O2S. The number of aromatic nitrogens is 1. The summed E-state index contributed by atoms with van der Waals surface area (Å²) in [5, 5.41) is 4.20. The molecule has 0 aliphatic carbocycles. The van der Waals surface area contributed by atoms with Gasteiger partial charge in [-0.1, -0.05) is 18.2 Å². The Labute approximate surface area is 176 Å². The van der Waals surface area contributed by atoms with Gasteiger partial charge in [-0.15, -0.1) is 11.8 Å². The van der Waals surface area contributed by atoms with Crippen molar-refractivity contribution in [2.75, 3.05) is 46.4 Å². The molecule has 6 nitrogen and oxygen atoms in total. The largest absolute Gasteiger partial charge is 0.378 e. The van der Waals surface area contributed by atoms with Crippen molar-refractivity contribution in [1.82, 2.24) is 20.1 Å². The van der Waals surface area contributed by atoms with Crippen LogP contribution in [0.15, 0.2) is 53.7 Å². The van der Waals surface area contributed by atoms with E-state index in [2.05, 4.69) is 27.1 Å². The number of pyridine rings is 1. The molecule has 0 spiro atoms. The summed E-state index contributed by atoms with van der Waals surface area (Å²) in [4.78, 5) is 21.9. The molecule has 154 valence electrons. The van der Waals surface area contributed by atoms with Gasteiger partial charge in [0.15, 0.2) is 0 Å². The van der Waals surface area contributed by atoms with E-state index in [9.17, 15) is 4.79 Å². The van der Waals surface area contributed by atoms with Gasteiger partial charge in [0.25, 0.3) is 5.91 Å². The smallest absolute Gasteiger partial charge is 0.251 e. The number of amides is 1. The first kappa shape index (κ1) is 20.3. The molecule has 2 aromatic rings. The Morgan fingerprint density at radius 2 is 1.93 bits per heavy atom. The molecule has 2 saturated heterocycles. The number of carbonyl (C=O) groups is 1. The van der Waals surface area contributed by atoms with Crippen molar-refractivity contribution < 1.29 is 9.53 Å². The van der Waals surface area contributed by atoms with Crippen molar-refractivity contribution in [3.8, 4) is 0 Å². The zero-order chi connectivity index (χ0) is 20.1. The Bertz CT molecular complexity index is 794. The summed E-state index contributed by atoms with van der Waals surface area (Å²) in [6, 6.07) is 14.1. The van der Waals surface area contributed by atoms with Gasteiger partial charge in [-0.25, -0.2) is 4.98 Å². The molecule has 7 heteroatoms. The highest BCUT2D eigenvalue weighted by Gasteiger charge is 2.35. The lowest BCUT2D eigenvalue weighted by Gasteiger charge is -2.38. The normalized spacial score (nSPS) is 23.2. The number of benzene rings is 1. The van der Waals surface area contributed by atoms with E-state index in [0.29, 0.717) is 18.8 Å². The molecule has 1 aromatic carbocycles. The van der Waals surface area contributed by atoms with Gasteiger partial charge in [-0.05, 0) is 36.9 Å². The fourth-order valence-electron chi connectivity index (χ4n) is 3.79. The first-order valence-corrected chi connectivity index (χ1v) is 11.1. The van der Waals surface area contributed by atoms with Crippen molar-refractivity contribution in [2.45, 2.75) is 22.9 Å². The number of rotatable bonds is 6. The number of hydrogen-bond acceptors (Lipinski definition) is 6. The van der Waals surface area contributed by atoms with Crippen LogP contribution >= 0.6 is 11.8 Å². The van der Waals surface area contributed by atoms with E-state index in [1.54, 1.807) is 18.0 Å². The minimum absolute atomic E-state index is 0.0245. The summed E-state index contributed by atoms with van der Waals surface area (Å²) < 4.78 is 5.70. The third kappa shape index (κ3) is 5.36. The molecule has 1 amide bonds. The average molecular weight is 413 g/mol. The maximum Gasteiger partial charge on any atom is 0.251 e. The lowest BCUT2D eigenvalue weighted by atomic mass is 10.1. The predicted molar refractivity (Wildman–Crippen MR) is 115 cm³/mol. The molecule has 2 aliphatic rings.